The van der Waals surface area contributed by atoms with Gasteiger partial charge in [0.25, 0.3) is 5.91 Å². The van der Waals surface area contributed by atoms with Crippen LogP contribution in [0.4, 0.5) is 0 Å². The summed E-state index contributed by atoms with van der Waals surface area (Å²) < 4.78 is 6.17. The highest BCUT2D eigenvalue weighted by Gasteiger charge is 2.08. The van der Waals surface area contributed by atoms with Crippen LogP contribution >= 0.6 is 15.9 Å². The highest BCUT2D eigenvalue weighted by molar-refractivity contribution is 9.10. The number of hydrogen-bond acceptors (Lipinski definition) is 2. The molecule has 2 aromatic rings. The normalized spacial score (nSPS) is 10.2. The first-order valence-electron chi connectivity index (χ1n) is 6.27. The standard InChI is InChI=1S/C16H16BrNO2/c1-11-7-13(9-14(17)8-11)16(19)18-10-12-5-3-4-6-15(12)20-2/h3-9H,10H2,1-2H3,(H,18,19). The Morgan fingerprint density at radius 2 is 2.00 bits per heavy atom. The summed E-state index contributed by atoms with van der Waals surface area (Å²) in [4.78, 5) is 12.1. The van der Waals surface area contributed by atoms with Gasteiger partial charge in [0.1, 0.15) is 5.75 Å². The van der Waals surface area contributed by atoms with E-state index in [1.165, 1.54) is 0 Å². The van der Waals surface area contributed by atoms with Crippen LogP contribution in [-0.4, -0.2) is 13.0 Å². The molecule has 4 heteroatoms. The largest absolute Gasteiger partial charge is 0.496 e. The van der Waals surface area contributed by atoms with E-state index in [4.69, 9.17) is 4.74 Å². The molecule has 0 saturated heterocycles. The van der Waals surface area contributed by atoms with E-state index in [2.05, 4.69) is 21.2 Å². The van der Waals surface area contributed by atoms with Crippen molar-refractivity contribution in [3.63, 3.8) is 0 Å². The van der Waals surface area contributed by atoms with Crippen molar-refractivity contribution in [1.29, 1.82) is 0 Å². The van der Waals surface area contributed by atoms with Crippen LogP contribution in [0.5, 0.6) is 5.75 Å². The van der Waals surface area contributed by atoms with Crippen molar-refractivity contribution in [1.82, 2.24) is 5.32 Å². The number of hydrogen-bond donors (Lipinski definition) is 1. The van der Waals surface area contributed by atoms with Crippen molar-refractivity contribution in [3.05, 3.63) is 63.6 Å². The average Bonchev–Trinajstić information content (AvgIpc) is 2.44. The SMILES string of the molecule is COc1ccccc1CNC(=O)c1cc(C)cc(Br)c1. The zero-order chi connectivity index (χ0) is 14.5. The number of rotatable bonds is 4. The van der Waals surface area contributed by atoms with Crippen LogP contribution in [0.1, 0.15) is 21.5 Å². The van der Waals surface area contributed by atoms with Gasteiger partial charge in [-0.05, 0) is 36.8 Å². The predicted octanol–water partition coefficient (Wildman–Crippen LogP) is 3.70. The lowest BCUT2D eigenvalue weighted by molar-refractivity contribution is 0.0950. The van der Waals surface area contributed by atoms with Crippen molar-refractivity contribution in [2.75, 3.05) is 7.11 Å². The number of ether oxygens (including phenoxy) is 1. The smallest absolute Gasteiger partial charge is 0.251 e. The van der Waals surface area contributed by atoms with Gasteiger partial charge >= 0.3 is 0 Å². The molecule has 2 rings (SSSR count). The summed E-state index contributed by atoms with van der Waals surface area (Å²) in [6.07, 6.45) is 0. The third-order valence-corrected chi connectivity index (χ3v) is 3.39. The Balaban J connectivity index is 2.08. The minimum Gasteiger partial charge on any atom is -0.496 e. The molecule has 0 aliphatic heterocycles. The second-order valence-electron chi connectivity index (χ2n) is 4.51. The van der Waals surface area contributed by atoms with E-state index in [1.54, 1.807) is 7.11 Å². The molecule has 1 N–H and O–H groups in total. The minimum absolute atomic E-state index is 0.0969. The molecule has 0 heterocycles. The van der Waals surface area contributed by atoms with Gasteiger partial charge in [0.2, 0.25) is 0 Å². The first kappa shape index (κ1) is 14.6. The Kier molecular flexibility index (Phi) is 4.79. The third-order valence-electron chi connectivity index (χ3n) is 2.94. The minimum atomic E-state index is -0.0969. The molecule has 1 amide bonds. The Hall–Kier alpha value is -1.81. The van der Waals surface area contributed by atoms with Crippen LogP contribution < -0.4 is 10.1 Å². The number of aryl methyl sites for hydroxylation is 1. The fourth-order valence-electron chi connectivity index (χ4n) is 1.99. The van der Waals surface area contributed by atoms with Gasteiger partial charge in [0.05, 0.1) is 7.11 Å². The van der Waals surface area contributed by atoms with Gasteiger partial charge < -0.3 is 10.1 Å². The lowest BCUT2D eigenvalue weighted by Gasteiger charge is -2.10. The maximum Gasteiger partial charge on any atom is 0.251 e. The van der Waals surface area contributed by atoms with Crippen LogP contribution in [0.15, 0.2) is 46.9 Å². The second-order valence-corrected chi connectivity index (χ2v) is 5.43. The number of carbonyl (C=O) groups is 1. The molecule has 0 atom stereocenters. The summed E-state index contributed by atoms with van der Waals surface area (Å²) in [5.41, 5.74) is 2.64. The molecule has 0 radical (unpaired) electrons. The van der Waals surface area contributed by atoms with Gasteiger partial charge in [-0.25, -0.2) is 0 Å². The quantitative estimate of drug-likeness (QED) is 0.926. The first-order valence-corrected chi connectivity index (χ1v) is 7.06. The molecule has 0 aliphatic carbocycles. The first-order chi connectivity index (χ1) is 9.60. The van der Waals surface area contributed by atoms with Crippen LogP contribution in [0.3, 0.4) is 0 Å². The topological polar surface area (TPSA) is 38.3 Å². The fraction of sp³-hybridized carbons (Fsp3) is 0.188. The van der Waals surface area contributed by atoms with Crippen molar-refractivity contribution in [2.24, 2.45) is 0 Å². The molecule has 2 aromatic carbocycles. The van der Waals surface area contributed by atoms with E-state index >= 15 is 0 Å². The number of amides is 1. The van der Waals surface area contributed by atoms with Gasteiger partial charge in [0, 0.05) is 22.1 Å². The van der Waals surface area contributed by atoms with E-state index in [9.17, 15) is 4.79 Å². The number of benzene rings is 2. The average molecular weight is 334 g/mol. The second kappa shape index (κ2) is 6.57. The van der Waals surface area contributed by atoms with E-state index in [0.29, 0.717) is 12.1 Å². The molecule has 0 aliphatic rings. The molecule has 0 bridgehead atoms. The number of nitrogens with one attached hydrogen (secondary N) is 1. The number of halogens is 1. The molecule has 20 heavy (non-hydrogen) atoms. The van der Waals surface area contributed by atoms with Gasteiger partial charge in [0.15, 0.2) is 0 Å². The monoisotopic (exact) mass is 333 g/mol. The van der Waals surface area contributed by atoms with Gasteiger partial charge in [-0.3, -0.25) is 4.79 Å². The lowest BCUT2D eigenvalue weighted by Crippen LogP contribution is -2.23. The molecule has 0 unspecified atom stereocenters. The molecule has 3 nitrogen and oxygen atoms in total. The Labute approximate surface area is 127 Å². The van der Waals surface area contributed by atoms with Crippen molar-refractivity contribution in [3.8, 4) is 5.75 Å². The highest BCUT2D eigenvalue weighted by Crippen LogP contribution is 2.18. The zero-order valence-corrected chi connectivity index (χ0v) is 13.0. The molecule has 0 spiro atoms. The fourth-order valence-corrected chi connectivity index (χ4v) is 2.60. The Bertz CT molecular complexity index is 605. The van der Waals surface area contributed by atoms with E-state index < -0.39 is 0 Å². The van der Waals surface area contributed by atoms with Gasteiger partial charge in [-0.1, -0.05) is 34.1 Å². The molecule has 0 fully saturated rings. The number of methoxy groups -OCH3 is 1. The molecular formula is C16H16BrNO2. The maximum atomic E-state index is 12.1. The molecule has 0 saturated carbocycles. The Morgan fingerprint density at radius 1 is 1.25 bits per heavy atom. The predicted molar refractivity (Wildman–Crippen MR) is 83.0 cm³/mol. The number of carbonyl (C=O) groups excluding carboxylic acids is 1. The lowest BCUT2D eigenvalue weighted by atomic mass is 10.1. The molecule has 0 aromatic heterocycles. The Morgan fingerprint density at radius 3 is 2.70 bits per heavy atom. The van der Waals surface area contributed by atoms with Crippen LogP contribution in [-0.2, 0) is 6.54 Å². The van der Waals surface area contributed by atoms with Crippen LogP contribution in [0.25, 0.3) is 0 Å². The van der Waals surface area contributed by atoms with E-state index in [-0.39, 0.29) is 5.91 Å². The summed E-state index contributed by atoms with van der Waals surface area (Å²) in [5.74, 6) is 0.679. The van der Waals surface area contributed by atoms with E-state index in [1.807, 2.05) is 49.4 Å². The van der Waals surface area contributed by atoms with Crippen LogP contribution in [0.2, 0.25) is 0 Å². The summed E-state index contributed by atoms with van der Waals surface area (Å²) in [7, 11) is 1.62. The van der Waals surface area contributed by atoms with Gasteiger partial charge in [-0.15, -0.1) is 0 Å². The number of para-hydroxylation sites is 1. The van der Waals surface area contributed by atoms with Crippen molar-refractivity contribution < 1.29 is 9.53 Å². The summed E-state index contributed by atoms with van der Waals surface area (Å²) in [6, 6.07) is 13.3. The van der Waals surface area contributed by atoms with Crippen LogP contribution in [0, 0.1) is 6.92 Å². The third kappa shape index (κ3) is 3.61. The molecule has 104 valence electrons. The molecular weight excluding hydrogens is 318 g/mol. The van der Waals surface area contributed by atoms with Gasteiger partial charge in [-0.2, -0.15) is 0 Å². The zero-order valence-electron chi connectivity index (χ0n) is 11.4. The van der Waals surface area contributed by atoms with Crippen molar-refractivity contribution >= 4 is 21.8 Å². The van der Waals surface area contributed by atoms with E-state index in [0.717, 1.165) is 21.3 Å². The maximum absolute atomic E-state index is 12.1. The highest BCUT2D eigenvalue weighted by atomic mass is 79.9. The summed E-state index contributed by atoms with van der Waals surface area (Å²) in [5, 5.41) is 2.90. The summed E-state index contributed by atoms with van der Waals surface area (Å²) in [6.45, 7) is 2.40. The summed E-state index contributed by atoms with van der Waals surface area (Å²) >= 11 is 3.40. The van der Waals surface area contributed by atoms with Crippen molar-refractivity contribution in [2.45, 2.75) is 13.5 Å².